The molecule has 0 aromatic rings. The molecule has 1 spiro atoms. The molecule has 0 aromatic carbocycles. The largest absolute Gasteiger partial charge is 0.388 e. The van der Waals surface area contributed by atoms with Gasteiger partial charge in [0.25, 0.3) is 0 Å². The minimum absolute atomic E-state index is 0.268. The second kappa shape index (κ2) is 12.4. The van der Waals surface area contributed by atoms with Gasteiger partial charge in [-0.15, -0.1) is 0 Å². The Morgan fingerprint density at radius 3 is 2.29 bits per heavy atom. The second-order valence-electron chi connectivity index (χ2n) is 12.3. The first-order chi connectivity index (χ1) is 17.3. The lowest BCUT2D eigenvalue weighted by Gasteiger charge is -2.63. The summed E-state index contributed by atoms with van der Waals surface area (Å²) < 4.78 is 0. The number of aliphatic hydroxyl groups is 1. The van der Waals surface area contributed by atoms with Gasteiger partial charge in [-0.1, -0.05) is 100 Å². The molecular formula is C32H50N2O. The topological polar surface area (TPSA) is 26.7 Å². The Morgan fingerprint density at radius 2 is 1.49 bits per heavy atom. The van der Waals surface area contributed by atoms with Gasteiger partial charge < -0.3 is 10.0 Å². The molecule has 4 heterocycles. The van der Waals surface area contributed by atoms with Crippen LogP contribution in [0.2, 0.25) is 0 Å². The molecule has 1 unspecified atom stereocenters. The summed E-state index contributed by atoms with van der Waals surface area (Å²) in [5.74, 6) is 1.11. The molecule has 4 fully saturated rings. The highest BCUT2D eigenvalue weighted by molar-refractivity contribution is 5.28. The first kappa shape index (κ1) is 25.5. The van der Waals surface area contributed by atoms with Crippen LogP contribution in [0, 0.1) is 17.3 Å². The highest BCUT2D eigenvalue weighted by atomic mass is 16.3. The van der Waals surface area contributed by atoms with Crippen molar-refractivity contribution in [2.24, 2.45) is 17.3 Å². The van der Waals surface area contributed by atoms with E-state index in [4.69, 9.17) is 0 Å². The third-order valence-electron chi connectivity index (χ3n) is 9.96. The molecule has 4 bridgehead atoms. The Balaban J connectivity index is 1.44. The maximum atomic E-state index is 11.9. The number of fused-ring (bicyclic) bond motifs is 1. The zero-order valence-electron chi connectivity index (χ0n) is 22.1. The Labute approximate surface area is 215 Å². The van der Waals surface area contributed by atoms with Gasteiger partial charge in [0.05, 0.1) is 6.10 Å². The average molecular weight is 479 g/mol. The van der Waals surface area contributed by atoms with Crippen molar-refractivity contribution >= 4 is 0 Å². The zero-order valence-corrected chi connectivity index (χ0v) is 22.1. The fourth-order valence-electron chi connectivity index (χ4n) is 8.25. The van der Waals surface area contributed by atoms with E-state index >= 15 is 0 Å². The predicted molar refractivity (Wildman–Crippen MR) is 147 cm³/mol. The van der Waals surface area contributed by atoms with E-state index in [2.05, 4.69) is 52.3 Å². The molecule has 0 amide bonds. The maximum Gasteiger partial charge on any atom is 0.0808 e. The number of allylic oxidation sites excluding steroid dienone is 6. The Morgan fingerprint density at radius 1 is 0.771 bits per heavy atom. The van der Waals surface area contributed by atoms with Gasteiger partial charge in [0.2, 0.25) is 0 Å². The van der Waals surface area contributed by atoms with Crippen LogP contribution in [0.15, 0.2) is 48.1 Å². The number of hydrogen-bond donors (Lipinski definition) is 1. The molecule has 6 atom stereocenters. The molecule has 5 aliphatic rings. The van der Waals surface area contributed by atoms with Gasteiger partial charge in [0, 0.05) is 38.1 Å². The molecule has 0 aromatic heterocycles. The van der Waals surface area contributed by atoms with Crippen molar-refractivity contribution in [1.82, 2.24) is 9.80 Å². The van der Waals surface area contributed by atoms with E-state index in [-0.39, 0.29) is 6.10 Å². The van der Waals surface area contributed by atoms with E-state index in [9.17, 15) is 5.11 Å². The van der Waals surface area contributed by atoms with E-state index in [0.717, 1.165) is 25.9 Å². The summed E-state index contributed by atoms with van der Waals surface area (Å²) in [6.45, 7) is 5.96. The van der Waals surface area contributed by atoms with Gasteiger partial charge in [0.1, 0.15) is 0 Å². The highest BCUT2D eigenvalue weighted by Crippen LogP contribution is 2.55. The van der Waals surface area contributed by atoms with E-state index in [1.165, 1.54) is 102 Å². The second-order valence-corrected chi connectivity index (χ2v) is 12.3. The molecule has 3 saturated heterocycles. The van der Waals surface area contributed by atoms with Gasteiger partial charge >= 0.3 is 0 Å². The number of aliphatic hydroxyl groups excluding tert-OH is 1. The number of nitrogens with zero attached hydrogens (tertiary/aromatic N) is 2. The van der Waals surface area contributed by atoms with Crippen LogP contribution in [0.1, 0.15) is 89.9 Å². The first-order valence-electron chi connectivity index (χ1n) is 15.1. The summed E-state index contributed by atoms with van der Waals surface area (Å²) in [6, 6.07) is 0.440. The SMILES string of the molecule is O[C@H]1/C2=C/C/C=C/C=C\C=C/CCN3C[C@]45CCCCCCCCCCCCN(C[C@H]1[C@H]4C[C@@H]23)C5. The lowest BCUT2D eigenvalue weighted by atomic mass is 9.54. The smallest absolute Gasteiger partial charge is 0.0808 e. The fourth-order valence-corrected chi connectivity index (χ4v) is 8.25. The summed E-state index contributed by atoms with van der Waals surface area (Å²) in [5, 5.41) is 11.9. The van der Waals surface area contributed by atoms with Crippen molar-refractivity contribution in [3.8, 4) is 0 Å². The normalized spacial score (nSPS) is 44.0. The van der Waals surface area contributed by atoms with Crippen LogP contribution in [0.5, 0.6) is 0 Å². The average Bonchev–Trinajstić information content (AvgIpc) is 2.87. The van der Waals surface area contributed by atoms with Gasteiger partial charge in [0.15, 0.2) is 0 Å². The molecule has 35 heavy (non-hydrogen) atoms. The monoisotopic (exact) mass is 478 g/mol. The first-order valence-corrected chi connectivity index (χ1v) is 15.1. The predicted octanol–water partition coefficient (Wildman–Crippen LogP) is 6.66. The van der Waals surface area contributed by atoms with Crippen LogP contribution in [-0.2, 0) is 0 Å². The molecule has 4 aliphatic heterocycles. The lowest BCUT2D eigenvalue weighted by Crippen LogP contribution is -2.68. The molecule has 3 nitrogen and oxygen atoms in total. The molecular weight excluding hydrogens is 428 g/mol. The van der Waals surface area contributed by atoms with Crippen LogP contribution in [0.4, 0.5) is 0 Å². The molecule has 0 radical (unpaired) electrons. The number of rotatable bonds is 0. The van der Waals surface area contributed by atoms with Gasteiger partial charge in [-0.25, -0.2) is 0 Å². The summed E-state index contributed by atoms with van der Waals surface area (Å²) in [5.41, 5.74) is 1.70. The van der Waals surface area contributed by atoms with Crippen LogP contribution < -0.4 is 0 Å². The third kappa shape index (κ3) is 6.05. The van der Waals surface area contributed by atoms with Gasteiger partial charge in [-0.3, -0.25) is 4.90 Å². The molecule has 3 heteroatoms. The van der Waals surface area contributed by atoms with E-state index in [0.29, 0.717) is 23.3 Å². The van der Waals surface area contributed by atoms with E-state index < -0.39 is 0 Å². The van der Waals surface area contributed by atoms with Gasteiger partial charge in [-0.2, -0.15) is 0 Å². The standard InChI is InChI=1S/C32H50N2O/c35-31-27-19-15-11-7-3-6-10-14-18-22-34-26-32-20-16-12-8-4-1-2-5-9-13-17-21-33(25-32)24-28(31)29(32)23-30(27)34/h3,6-7,10-11,14,19,28-31,35H,1-2,4-5,8-9,12-13,15-18,20-26H2/b6-3-,11-7+,14-10-,27-19+/t28-,29+,30-,31-,32+/m0/s1. The number of hydrogen-bond acceptors (Lipinski definition) is 3. The van der Waals surface area contributed by atoms with Crippen molar-refractivity contribution in [2.75, 3.05) is 32.7 Å². The van der Waals surface area contributed by atoms with Crippen molar-refractivity contribution in [1.29, 1.82) is 0 Å². The van der Waals surface area contributed by atoms with E-state index in [1.54, 1.807) is 0 Å². The van der Waals surface area contributed by atoms with Crippen molar-refractivity contribution in [3.63, 3.8) is 0 Å². The van der Waals surface area contributed by atoms with Gasteiger partial charge in [-0.05, 0) is 55.6 Å². The van der Waals surface area contributed by atoms with Crippen LogP contribution >= 0.6 is 0 Å². The quantitative estimate of drug-likeness (QED) is 0.394. The number of piperidine rings is 2. The molecule has 1 aliphatic carbocycles. The zero-order chi connectivity index (χ0) is 23.9. The minimum Gasteiger partial charge on any atom is -0.388 e. The molecule has 194 valence electrons. The van der Waals surface area contributed by atoms with Crippen molar-refractivity contribution in [3.05, 3.63) is 48.1 Å². The third-order valence-corrected chi connectivity index (χ3v) is 9.96. The highest BCUT2D eigenvalue weighted by Gasteiger charge is 2.58. The Hall–Kier alpha value is -1.16. The van der Waals surface area contributed by atoms with Crippen LogP contribution in [-0.4, -0.2) is 59.8 Å². The fraction of sp³-hybridized carbons (Fsp3) is 0.750. The molecule has 5 rings (SSSR count). The summed E-state index contributed by atoms with van der Waals surface area (Å²) in [4.78, 5) is 5.60. The molecule has 1 saturated carbocycles. The van der Waals surface area contributed by atoms with Crippen molar-refractivity contribution < 1.29 is 5.11 Å². The Bertz CT molecular complexity index is 797. The Kier molecular flexibility index (Phi) is 9.02. The maximum absolute atomic E-state index is 11.9. The summed E-state index contributed by atoms with van der Waals surface area (Å²) in [6.07, 6.45) is 34.1. The van der Waals surface area contributed by atoms with Crippen LogP contribution in [0.25, 0.3) is 0 Å². The summed E-state index contributed by atoms with van der Waals surface area (Å²) >= 11 is 0. The molecule has 1 N–H and O–H groups in total. The van der Waals surface area contributed by atoms with Crippen molar-refractivity contribution in [2.45, 2.75) is 102 Å². The summed E-state index contributed by atoms with van der Waals surface area (Å²) in [7, 11) is 0. The minimum atomic E-state index is -0.268. The van der Waals surface area contributed by atoms with Crippen LogP contribution in [0.3, 0.4) is 0 Å². The lowest BCUT2D eigenvalue weighted by molar-refractivity contribution is -0.140. The van der Waals surface area contributed by atoms with E-state index in [1.807, 2.05) is 0 Å².